The molecular weight excluding hydrogens is 286 g/mol. The third-order valence-electron chi connectivity index (χ3n) is 4.04. The van der Waals surface area contributed by atoms with Crippen LogP contribution in [0.2, 0.25) is 0 Å². The van der Waals surface area contributed by atoms with Crippen LogP contribution in [0, 0.1) is 0 Å². The molecule has 0 aliphatic carbocycles. The summed E-state index contributed by atoms with van der Waals surface area (Å²) in [6.45, 7) is 6.16. The Morgan fingerprint density at radius 2 is 2.33 bits per heavy atom. The Kier molecular flexibility index (Phi) is 6.14. The second kappa shape index (κ2) is 7.87. The van der Waals surface area contributed by atoms with Crippen LogP contribution in [0.4, 0.5) is 5.13 Å². The molecule has 1 aromatic heterocycles. The highest BCUT2D eigenvalue weighted by Gasteiger charge is 2.22. The molecule has 118 valence electrons. The first-order valence-corrected chi connectivity index (χ1v) is 8.61. The Bertz CT molecular complexity index is 464. The minimum Gasteiger partial charge on any atom is -0.395 e. The fourth-order valence-corrected chi connectivity index (χ4v) is 3.77. The maximum atomic E-state index is 11.6. The summed E-state index contributed by atoms with van der Waals surface area (Å²) < 4.78 is 0. The smallest absolute Gasteiger partial charge is 0.225 e. The van der Waals surface area contributed by atoms with Gasteiger partial charge in [0.15, 0.2) is 5.13 Å². The summed E-state index contributed by atoms with van der Waals surface area (Å²) in [5.74, 6) is 0.0291. The zero-order valence-corrected chi connectivity index (χ0v) is 13.7. The van der Waals surface area contributed by atoms with Crippen LogP contribution in [0.15, 0.2) is 5.38 Å². The molecule has 1 unspecified atom stereocenters. The number of rotatable bonds is 5. The molecular formula is C15H25N3O2S. The number of aliphatic hydroxyl groups is 1. The maximum absolute atomic E-state index is 11.6. The molecule has 0 saturated carbocycles. The van der Waals surface area contributed by atoms with Crippen molar-refractivity contribution in [3.63, 3.8) is 0 Å². The molecule has 5 nitrogen and oxygen atoms in total. The first kappa shape index (κ1) is 16.4. The van der Waals surface area contributed by atoms with Crippen LogP contribution in [0.1, 0.15) is 45.2 Å². The predicted molar refractivity (Wildman–Crippen MR) is 85.6 cm³/mol. The molecule has 0 radical (unpaired) electrons. The minimum atomic E-state index is 0.0291. The fraction of sp³-hybridized carbons (Fsp3) is 0.733. The Hall–Kier alpha value is -0.980. The van der Waals surface area contributed by atoms with Gasteiger partial charge in [-0.3, -0.25) is 14.6 Å². The molecule has 1 aliphatic rings. The summed E-state index contributed by atoms with van der Waals surface area (Å²) in [6.07, 6.45) is 4.67. The number of carbonyl (C=O) groups excluding carboxylic acids is 1. The summed E-state index contributed by atoms with van der Waals surface area (Å²) in [7, 11) is 0. The van der Waals surface area contributed by atoms with Gasteiger partial charge in [-0.2, -0.15) is 0 Å². The second-order valence-electron chi connectivity index (χ2n) is 5.54. The van der Waals surface area contributed by atoms with Crippen molar-refractivity contribution in [3.8, 4) is 0 Å². The van der Waals surface area contributed by atoms with Crippen molar-refractivity contribution in [1.29, 1.82) is 0 Å². The van der Waals surface area contributed by atoms with Crippen LogP contribution in [-0.2, 0) is 11.3 Å². The van der Waals surface area contributed by atoms with Crippen LogP contribution < -0.4 is 4.90 Å². The van der Waals surface area contributed by atoms with Crippen molar-refractivity contribution in [3.05, 3.63) is 11.1 Å². The lowest BCUT2D eigenvalue weighted by atomic mass is 10.1. The van der Waals surface area contributed by atoms with Gasteiger partial charge in [-0.15, -0.1) is 11.3 Å². The molecule has 0 spiro atoms. The Morgan fingerprint density at radius 3 is 3.00 bits per heavy atom. The molecule has 1 N–H and O–H groups in total. The van der Waals surface area contributed by atoms with E-state index in [9.17, 15) is 9.90 Å². The third kappa shape index (κ3) is 4.25. The van der Waals surface area contributed by atoms with E-state index >= 15 is 0 Å². The van der Waals surface area contributed by atoms with Crippen molar-refractivity contribution >= 4 is 22.4 Å². The van der Waals surface area contributed by atoms with Crippen molar-refractivity contribution in [1.82, 2.24) is 9.88 Å². The number of likely N-dealkylation sites (tertiary alicyclic amines) is 1. The quantitative estimate of drug-likeness (QED) is 0.906. The molecule has 0 bridgehead atoms. The van der Waals surface area contributed by atoms with Gasteiger partial charge in [0.1, 0.15) is 0 Å². The van der Waals surface area contributed by atoms with E-state index in [1.807, 2.05) is 12.3 Å². The summed E-state index contributed by atoms with van der Waals surface area (Å²) >= 11 is 1.52. The normalized spacial score (nSPS) is 20.2. The van der Waals surface area contributed by atoms with E-state index in [0.29, 0.717) is 6.54 Å². The third-order valence-corrected chi connectivity index (χ3v) is 4.95. The Balaban J connectivity index is 2.05. The molecule has 1 aliphatic heterocycles. The lowest BCUT2D eigenvalue weighted by molar-refractivity contribution is -0.116. The molecule has 1 fully saturated rings. The molecule has 1 atom stereocenters. The standard InChI is InChI=1S/C15H25N3O2S/c1-3-18(12(2)20)15-16-13(11-21-15)9-17-8-6-4-5-7-14(17)10-19/h11,14,19H,3-10H2,1-2H3. The van der Waals surface area contributed by atoms with Gasteiger partial charge in [0.05, 0.1) is 12.3 Å². The average molecular weight is 311 g/mol. The summed E-state index contributed by atoms with van der Waals surface area (Å²) in [6, 6.07) is 0.243. The highest BCUT2D eigenvalue weighted by Crippen LogP contribution is 2.24. The van der Waals surface area contributed by atoms with Crippen molar-refractivity contribution in [2.75, 3.05) is 24.6 Å². The molecule has 21 heavy (non-hydrogen) atoms. The summed E-state index contributed by atoms with van der Waals surface area (Å²) in [5.41, 5.74) is 0.995. The molecule has 2 heterocycles. The number of thiazole rings is 1. The highest BCUT2D eigenvalue weighted by atomic mass is 32.1. The zero-order chi connectivity index (χ0) is 15.2. The molecule has 6 heteroatoms. The number of carbonyl (C=O) groups is 1. The molecule has 2 rings (SSSR count). The van der Waals surface area contributed by atoms with Crippen LogP contribution in [0.5, 0.6) is 0 Å². The lowest BCUT2D eigenvalue weighted by Gasteiger charge is -2.27. The first-order chi connectivity index (χ1) is 10.2. The van der Waals surface area contributed by atoms with E-state index in [-0.39, 0.29) is 18.6 Å². The molecule has 1 saturated heterocycles. The second-order valence-corrected chi connectivity index (χ2v) is 6.38. The topological polar surface area (TPSA) is 56.7 Å². The summed E-state index contributed by atoms with van der Waals surface area (Å²) in [5, 5.41) is 12.4. The predicted octanol–water partition coefficient (Wildman–Crippen LogP) is 2.25. The molecule has 0 aromatic carbocycles. The van der Waals surface area contributed by atoms with E-state index in [1.165, 1.54) is 30.6 Å². The van der Waals surface area contributed by atoms with Crippen LogP contribution in [0.3, 0.4) is 0 Å². The van der Waals surface area contributed by atoms with Crippen molar-refractivity contribution in [2.45, 2.75) is 52.1 Å². The molecule has 1 amide bonds. The number of aliphatic hydroxyl groups excluding tert-OH is 1. The van der Waals surface area contributed by atoms with Gasteiger partial charge in [-0.05, 0) is 26.3 Å². The monoisotopic (exact) mass is 311 g/mol. The lowest BCUT2D eigenvalue weighted by Crippen LogP contribution is -2.37. The van der Waals surface area contributed by atoms with Crippen molar-refractivity contribution in [2.24, 2.45) is 0 Å². The number of hydrogen-bond donors (Lipinski definition) is 1. The number of anilines is 1. The van der Waals surface area contributed by atoms with Gasteiger partial charge in [-0.25, -0.2) is 4.98 Å². The number of hydrogen-bond acceptors (Lipinski definition) is 5. The van der Waals surface area contributed by atoms with E-state index in [4.69, 9.17) is 0 Å². The van der Waals surface area contributed by atoms with Gasteiger partial charge >= 0.3 is 0 Å². The Labute approximate surface area is 130 Å². The number of nitrogens with zero attached hydrogens (tertiary/aromatic N) is 3. The maximum Gasteiger partial charge on any atom is 0.225 e. The minimum absolute atomic E-state index is 0.0291. The van der Waals surface area contributed by atoms with Gasteiger partial charge in [0.2, 0.25) is 5.91 Å². The fourth-order valence-electron chi connectivity index (χ4n) is 2.85. The van der Waals surface area contributed by atoms with Crippen molar-refractivity contribution < 1.29 is 9.90 Å². The first-order valence-electron chi connectivity index (χ1n) is 7.73. The van der Waals surface area contributed by atoms with E-state index in [1.54, 1.807) is 11.8 Å². The van der Waals surface area contributed by atoms with Gasteiger partial charge < -0.3 is 5.11 Å². The average Bonchev–Trinajstić information content (AvgIpc) is 2.78. The van der Waals surface area contributed by atoms with Gasteiger partial charge in [-0.1, -0.05) is 12.8 Å². The summed E-state index contributed by atoms with van der Waals surface area (Å²) in [4.78, 5) is 20.2. The van der Waals surface area contributed by atoms with E-state index in [2.05, 4.69) is 9.88 Å². The largest absolute Gasteiger partial charge is 0.395 e. The number of aromatic nitrogens is 1. The van der Waals surface area contributed by atoms with Crippen LogP contribution in [0.25, 0.3) is 0 Å². The van der Waals surface area contributed by atoms with Gasteiger partial charge in [0, 0.05) is 31.4 Å². The SMILES string of the molecule is CCN(C(C)=O)c1nc(CN2CCCCCC2CO)cs1. The highest BCUT2D eigenvalue weighted by molar-refractivity contribution is 7.14. The van der Waals surface area contributed by atoms with Crippen LogP contribution in [-0.4, -0.2) is 46.6 Å². The van der Waals surface area contributed by atoms with Crippen LogP contribution >= 0.6 is 11.3 Å². The van der Waals surface area contributed by atoms with E-state index < -0.39 is 0 Å². The Morgan fingerprint density at radius 1 is 1.52 bits per heavy atom. The molecule has 1 aromatic rings. The number of amides is 1. The van der Waals surface area contributed by atoms with Gasteiger partial charge in [0.25, 0.3) is 0 Å². The van der Waals surface area contributed by atoms with E-state index in [0.717, 1.165) is 30.3 Å². The zero-order valence-electron chi connectivity index (χ0n) is 12.9.